The molecular weight excluding hydrogens is 410 g/mol. The standard InChI is InChI=1S/C23H33N5O2S/c1-17(2)15-27-21(14-13-20(24)29)25-26-23(27)31-16-22(30)28(18-9-5-3-6-10-18)19-11-7-4-8-12-19/h3,5-6,9-10,17,19H,4,7-8,11-16H2,1-2H3,(H2,24,29). The quantitative estimate of drug-likeness (QED) is 0.564. The molecule has 7 nitrogen and oxygen atoms in total. The molecule has 31 heavy (non-hydrogen) atoms. The largest absolute Gasteiger partial charge is 0.370 e. The third kappa shape index (κ3) is 6.56. The number of nitrogens with two attached hydrogens (primary N) is 1. The summed E-state index contributed by atoms with van der Waals surface area (Å²) in [4.78, 5) is 26.5. The number of anilines is 1. The fourth-order valence-corrected chi connectivity index (χ4v) is 4.90. The van der Waals surface area contributed by atoms with Crippen LogP contribution in [0, 0.1) is 5.92 Å². The summed E-state index contributed by atoms with van der Waals surface area (Å²) in [6.07, 6.45) is 6.37. The van der Waals surface area contributed by atoms with Crippen molar-refractivity contribution in [3.63, 3.8) is 0 Å². The van der Waals surface area contributed by atoms with Crippen molar-refractivity contribution in [2.24, 2.45) is 11.7 Å². The Balaban J connectivity index is 1.74. The van der Waals surface area contributed by atoms with Crippen molar-refractivity contribution in [2.75, 3.05) is 10.7 Å². The summed E-state index contributed by atoms with van der Waals surface area (Å²) in [7, 11) is 0. The highest BCUT2D eigenvalue weighted by Gasteiger charge is 2.27. The SMILES string of the molecule is CC(C)Cn1c(CCC(N)=O)nnc1SCC(=O)N(c1ccccc1)C1CCCCC1. The predicted octanol–water partition coefficient (Wildman–Crippen LogP) is 3.81. The Morgan fingerprint density at radius 1 is 1.16 bits per heavy atom. The third-order valence-corrected chi connectivity index (χ3v) is 6.46. The minimum Gasteiger partial charge on any atom is -0.370 e. The number of nitrogens with zero attached hydrogens (tertiary/aromatic N) is 4. The average Bonchev–Trinajstić information content (AvgIpc) is 3.13. The molecule has 1 saturated carbocycles. The normalized spacial score (nSPS) is 14.7. The van der Waals surface area contributed by atoms with Crippen LogP contribution in [0.25, 0.3) is 0 Å². The van der Waals surface area contributed by atoms with Gasteiger partial charge >= 0.3 is 0 Å². The molecule has 1 aliphatic carbocycles. The molecule has 0 saturated heterocycles. The van der Waals surface area contributed by atoms with Crippen molar-refractivity contribution in [2.45, 2.75) is 76.5 Å². The first-order chi connectivity index (χ1) is 15.0. The number of carbonyl (C=O) groups excluding carboxylic acids is 2. The Bertz CT molecular complexity index is 862. The maximum absolute atomic E-state index is 13.4. The van der Waals surface area contributed by atoms with Gasteiger partial charge in [-0.05, 0) is 30.9 Å². The Morgan fingerprint density at radius 3 is 2.52 bits per heavy atom. The van der Waals surface area contributed by atoms with Gasteiger partial charge in [-0.25, -0.2) is 0 Å². The van der Waals surface area contributed by atoms with Crippen LogP contribution in [0.2, 0.25) is 0 Å². The van der Waals surface area contributed by atoms with Crippen LogP contribution in [0.3, 0.4) is 0 Å². The molecule has 1 heterocycles. The van der Waals surface area contributed by atoms with Crippen LogP contribution in [0.1, 0.15) is 58.2 Å². The summed E-state index contributed by atoms with van der Waals surface area (Å²) < 4.78 is 2.03. The number of aromatic nitrogens is 3. The van der Waals surface area contributed by atoms with E-state index in [9.17, 15) is 9.59 Å². The first kappa shape index (κ1) is 23.3. The fraction of sp³-hybridized carbons (Fsp3) is 0.565. The lowest BCUT2D eigenvalue weighted by atomic mass is 9.93. The van der Waals surface area contributed by atoms with E-state index in [2.05, 4.69) is 24.0 Å². The first-order valence-corrected chi connectivity index (χ1v) is 12.1. The third-order valence-electron chi connectivity index (χ3n) is 5.50. The van der Waals surface area contributed by atoms with E-state index in [4.69, 9.17) is 5.73 Å². The zero-order valence-corrected chi connectivity index (χ0v) is 19.3. The van der Waals surface area contributed by atoms with Crippen LogP contribution in [-0.2, 0) is 22.6 Å². The lowest BCUT2D eigenvalue weighted by molar-refractivity contribution is -0.118. The summed E-state index contributed by atoms with van der Waals surface area (Å²) in [5.74, 6) is 1.18. The number of amides is 2. The van der Waals surface area contributed by atoms with Gasteiger partial charge in [0.05, 0.1) is 5.75 Å². The van der Waals surface area contributed by atoms with Crippen molar-refractivity contribution >= 4 is 29.3 Å². The second-order valence-corrected chi connectivity index (χ2v) is 9.49. The van der Waals surface area contributed by atoms with Crippen molar-refractivity contribution in [1.29, 1.82) is 0 Å². The topological polar surface area (TPSA) is 94.1 Å². The lowest BCUT2D eigenvalue weighted by Crippen LogP contribution is -2.42. The number of carbonyl (C=O) groups is 2. The minimum atomic E-state index is -0.352. The van der Waals surface area contributed by atoms with Crippen molar-refractivity contribution < 1.29 is 9.59 Å². The highest BCUT2D eigenvalue weighted by molar-refractivity contribution is 7.99. The molecule has 168 valence electrons. The van der Waals surface area contributed by atoms with E-state index < -0.39 is 0 Å². The number of primary amides is 1. The van der Waals surface area contributed by atoms with E-state index in [-0.39, 0.29) is 24.3 Å². The molecule has 0 atom stereocenters. The summed E-state index contributed by atoms with van der Waals surface area (Å²) in [6.45, 7) is 4.98. The van der Waals surface area contributed by atoms with Gasteiger partial charge in [0.2, 0.25) is 11.8 Å². The fourth-order valence-electron chi connectivity index (χ4n) is 4.08. The zero-order chi connectivity index (χ0) is 22.2. The summed E-state index contributed by atoms with van der Waals surface area (Å²) in [5, 5.41) is 9.31. The van der Waals surface area contributed by atoms with Gasteiger partial charge in [0.15, 0.2) is 5.16 Å². The van der Waals surface area contributed by atoms with E-state index >= 15 is 0 Å². The molecule has 8 heteroatoms. The molecular formula is C23H33N5O2S. The van der Waals surface area contributed by atoms with Gasteiger partial charge in [-0.3, -0.25) is 9.59 Å². The molecule has 0 spiro atoms. The van der Waals surface area contributed by atoms with Gasteiger partial charge in [0, 0.05) is 31.1 Å². The molecule has 0 aliphatic heterocycles. The van der Waals surface area contributed by atoms with E-state index in [1.807, 2.05) is 39.8 Å². The molecule has 2 N–H and O–H groups in total. The molecule has 1 aromatic carbocycles. The highest BCUT2D eigenvalue weighted by atomic mass is 32.2. The molecule has 0 bridgehead atoms. The Hall–Kier alpha value is -2.35. The smallest absolute Gasteiger partial charge is 0.237 e. The Kier molecular flexibility index (Phi) is 8.51. The average molecular weight is 444 g/mol. The van der Waals surface area contributed by atoms with E-state index in [0.29, 0.717) is 18.1 Å². The number of hydrogen-bond donors (Lipinski definition) is 1. The number of aryl methyl sites for hydroxylation is 1. The van der Waals surface area contributed by atoms with E-state index in [1.54, 1.807) is 0 Å². The second-order valence-electron chi connectivity index (χ2n) is 8.55. The van der Waals surface area contributed by atoms with E-state index in [1.165, 1.54) is 31.0 Å². The lowest BCUT2D eigenvalue weighted by Gasteiger charge is -2.34. The first-order valence-electron chi connectivity index (χ1n) is 11.2. The van der Waals surface area contributed by atoms with Gasteiger partial charge in [0.25, 0.3) is 0 Å². The zero-order valence-electron chi connectivity index (χ0n) is 18.5. The van der Waals surface area contributed by atoms with Gasteiger partial charge in [-0.1, -0.05) is 63.1 Å². The number of hydrogen-bond acceptors (Lipinski definition) is 5. The molecule has 3 rings (SSSR count). The van der Waals surface area contributed by atoms with Crippen LogP contribution in [0.4, 0.5) is 5.69 Å². The number of para-hydroxylation sites is 1. The maximum Gasteiger partial charge on any atom is 0.237 e. The molecule has 1 aromatic heterocycles. The van der Waals surface area contributed by atoms with Crippen molar-refractivity contribution in [3.05, 3.63) is 36.2 Å². The molecule has 0 radical (unpaired) electrons. The molecule has 1 fully saturated rings. The minimum absolute atomic E-state index is 0.0980. The summed E-state index contributed by atoms with van der Waals surface area (Å²) in [6, 6.07) is 10.2. The molecule has 2 amide bonds. The maximum atomic E-state index is 13.4. The van der Waals surface area contributed by atoms with E-state index in [0.717, 1.165) is 36.1 Å². The van der Waals surface area contributed by atoms with Crippen molar-refractivity contribution in [1.82, 2.24) is 14.8 Å². The number of rotatable bonds is 10. The number of benzene rings is 1. The Morgan fingerprint density at radius 2 is 1.87 bits per heavy atom. The summed E-state index contributed by atoms with van der Waals surface area (Å²) in [5.41, 5.74) is 6.27. The van der Waals surface area contributed by atoms with Gasteiger partial charge in [0.1, 0.15) is 5.82 Å². The van der Waals surface area contributed by atoms with Crippen LogP contribution in [0.5, 0.6) is 0 Å². The highest BCUT2D eigenvalue weighted by Crippen LogP contribution is 2.29. The second kappa shape index (κ2) is 11.3. The van der Waals surface area contributed by atoms with Gasteiger partial charge < -0.3 is 15.2 Å². The van der Waals surface area contributed by atoms with Crippen LogP contribution in [0.15, 0.2) is 35.5 Å². The molecule has 2 aromatic rings. The predicted molar refractivity (Wildman–Crippen MR) is 124 cm³/mol. The summed E-state index contributed by atoms with van der Waals surface area (Å²) >= 11 is 1.42. The van der Waals surface area contributed by atoms with Gasteiger partial charge in [-0.15, -0.1) is 10.2 Å². The Labute approximate surface area is 188 Å². The van der Waals surface area contributed by atoms with Crippen LogP contribution >= 0.6 is 11.8 Å². The van der Waals surface area contributed by atoms with Crippen molar-refractivity contribution in [3.8, 4) is 0 Å². The molecule has 1 aliphatic rings. The van der Waals surface area contributed by atoms with Crippen LogP contribution < -0.4 is 10.6 Å². The van der Waals surface area contributed by atoms with Gasteiger partial charge in [-0.2, -0.15) is 0 Å². The number of thioether (sulfide) groups is 1. The monoisotopic (exact) mass is 443 g/mol. The van der Waals surface area contributed by atoms with Crippen LogP contribution in [-0.4, -0.2) is 38.4 Å². The molecule has 0 unspecified atom stereocenters.